The summed E-state index contributed by atoms with van der Waals surface area (Å²) in [6.07, 6.45) is 20.0. The van der Waals surface area contributed by atoms with E-state index >= 15 is 0 Å². The second kappa shape index (κ2) is 35.0. The molecule has 0 amide bonds. The van der Waals surface area contributed by atoms with E-state index in [4.69, 9.17) is 62.1 Å². The lowest BCUT2D eigenvalue weighted by Crippen LogP contribution is -2.30. The van der Waals surface area contributed by atoms with Gasteiger partial charge in [-0.25, -0.2) is 24.4 Å². The van der Waals surface area contributed by atoms with Crippen LogP contribution in [0.15, 0.2) is 141 Å². The molecule has 20 heteroatoms. The van der Waals surface area contributed by atoms with Crippen molar-refractivity contribution >= 4 is 85.4 Å². The summed E-state index contributed by atoms with van der Waals surface area (Å²) in [5.74, 6) is -1.77. The first-order valence-electron chi connectivity index (χ1n) is 32.1. The summed E-state index contributed by atoms with van der Waals surface area (Å²) in [6, 6.07) is 23.1. The Bertz CT molecular complexity index is 3710. The summed E-state index contributed by atoms with van der Waals surface area (Å²) in [5.41, 5.74) is 2.11. The number of hydrogen-bond donors (Lipinski definition) is 0. The number of aromatic nitrogens is 2. The second-order valence-electron chi connectivity index (χ2n) is 23.1. The zero-order valence-electron chi connectivity index (χ0n) is 52.4. The van der Waals surface area contributed by atoms with Crippen LogP contribution in [0.2, 0.25) is 0 Å². The number of benzene rings is 5. The van der Waals surface area contributed by atoms with Crippen molar-refractivity contribution in [2.24, 2.45) is 23.7 Å². The normalized spacial score (nSPS) is 17.8. The average Bonchev–Trinajstić information content (AvgIpc) is 0.734. The molecule has 5 aromatic carbocycles. The number of fused-ring (bicyclic) bond motifs is 7. The van der Waals surface area contributed by atoms with Gasteiger partial charge in [-0.15, -0.1) is 0 Å². The molecule has 0 bridgehead atoms. The number of nitrogens with zero attached hydrogens (tertiary/aromatic N) is 2. The number of esters is 7. The van der Waals surface area contributed by atoms with Crippen molar-refractivity contribution in [1.29, 1.82) is 0 Å². The lowest BCUT2D eigenvalue weighted by Gasteiger charge is -2.26. The first-order valence-corrected chi connectivity index (χ1v) is 32.1. The fourth-order valence-electron chi connectivity index (χ4n) is 11.4. The molecule has 0 N–H and O–H groups in total. The van der Waals surface area contributed by atoms with Gasteiger partial charge in [-0.05, 0) is 198 Å². The van der Waals surface area contributed by atoms with Gasteiger partial charge in [-0.3, -0.25) is 19.2 Å². The van der Waals surface area contributed by atoms with E-state index in [2.05, 4.69) is 19.7 Å². The average molecular weight is 1270 g/mol. The maximum absolute atomic E-state index is 13.9. The van der Waals surface area contributed by atoms with E-state index in [1.54, 1.807) is 72.8 Å². The third-order valence-electron chi connectivity index (χ3n) is 16.6. The van der Waals surface area contributed by atoms with Gasteiger partial charge in [0.25, 0.3) is 0 Å². The Balaban J connectivity index is 0.802. The van der Waals surface area contributed by atoms with Gasteiger partial charge in [0.05, 0.1) is 84.9 Å². The molecule has 0 saturated heterocycles. The SMILES string of the molecule is C=CC(=O)OCCCCCCOc1ccc(OC(=O)C2CCC(C(=O)Oc3ccc4c5ccc(OC(=O)C6CCC(C(=O)OC7=CCC(OCCCCCCOC(=O)C=C)C=C7)CC6)cc5c5nc6cc(OCCOCCOC(=O)C=C)ccc6nc5c4c3)CC2)cc1. The van der Waals surface area contributed by atoms with Crippen LogP contribution < -0.4 is 23.7 Å². The Kier molecular flexibility index (Phi) is 25.6. The lowest BCUT2D eigenvalue weighted by atomic mass is 9.82. The number of carbonyl (C=O) groups excluding carboxylic acids is 7. The second-order valence-corrected chi connectivity index (χ2v) is 23.1. The van der Waals surface area contributed by atoms with Gasteiger partial charge in [0.2, 0.25) is 0 Å². The molecule has 1 atom stereocenters. The summed E-state index contributed by atoms with van der Waals surface area (Å²) in [6.45, 7) is 12.7. The molecule has 2 saturated carbocycles. The van der Waals surface area contributed by atoms with Crippen molar-refractivity contribution in [3.8, 4) is 28.7 Å². The number of ether oxygens (including phenoxy) is 11. The first kappa shape index (κ1) is 68.1. The Morgan fingerprint density at radius 2 is 0.839 bits per heavy atom. The molecule has 3 aliphatic rings. The van der Waals surface area contributed by atoms with Crippen LogP contribution in [0.4, 0.5) is 0 Å². The van der Waals surface area contributed by atoms with E-state index in [0.717, 1.165) is 80.4 Å². The number of allylic oxidation sites excluding steroid dienone is 1. The third-order valence-corrected chi connectivity index (χ3v) is 16.6. The van der Waals surface area contributed by atoms with Crippen molar-refractivity contribution in [2.75, 3.05) is 52.9 Å². The molecule has 490 valence electrons. The Morgan fingerprint density at radius 1 is 0.409 bits per heavy atom. The van der Waals surface area contributed by atoms with Crippen LogP contribution >= 0.6 is 0 Å². The van der Waals surface area contributed by atoms with Crippen LogP contribution in [-0.4, -0.2) is 111 Å². The van der Waals surface area contributed by atoms with E-state index in [1.165, 1.54) is 0 Å². The van der Waals surface area contributed by atoms with Gasteiger partial charge in [0.15, 0.2) is 0 Å². The van der Waals surface area contributed by atoms with Gasteiger partial charge in [-0.2, -0.15) is 0 Å². The standard InChI is InChI=1S/C73H80N2O18/c1-4-65(76)87-39-13-9-7-11-37-84-52-23-27-54(28-24-52)90-70(79)48-15-19-50(20-16-48)72(81)92-57-31-34-59-60-35-32-58(46-62(60)69-68(61(59)45-57)74-63-36-33-56(47-64(63)75-69)86-43-41-83-42-44-89-67(78)6-3)93-73(82)51-21-17-49(18-22-51)71(80)91-55-29-25-53(26-30-55)85-38-12-8-10-14-40-88-66(77)5-2/h4-6,23-25,27-36,45-51,53H,1-3,7-22,26,37-44H2. The maximum Gasteiger partial charge on any atom is 0.330 e. The smallest absolute Gasteiger partial charge is 0.330 e. The monoisotopic (exact) mass is 1270 g/mol. The minimum absolute atomic E-state index is 0.0811. The van der Waals surface area contributed by atoms with Gasteiger partial charge in [0.1, 0.15) is 47.7 Å². The molecule has 1 unspecified atom stereocenters. The highest BCUT2D eigenvalue weighted by molar-refractivity contribution is 6.24. The summed E-state index contributed by atoms with van der Waals surface area (Å²) in [4.78, 5) is 98.4. The van der Waals surface area contributed by atoms with Crippen molar-refractivity contribution in [2.45, 2.75) is 115 Å². The highest BCUT2D eigenvalue weighted by Gasteiger charge is 2.34. The Hall–Kier alpha value is -9.27. The summed E-state index contributed by atoms with van der Waals surface area (Å²) in [7, 11) is 0. The molecular formula is C73H80N2O18. The van der Waals surface area contributed by atoms with Gasteiger partial charge < -0.3 is 52.1 Å². The third kappa shape index (κ3) is 20.1. The topological polar surface area (TPSA) is 247 Å². The van der Waals surface area contributed by atoms with E-state index in [1.807, 2.05) is 24.3 Å². The summed E-state index contributed by atoms with van der Waals surface area (Å²) < 4.78 is 62.1. The van der Waals surface area contributed by atoms with Crippen LogP contribution in [0.25, 0.3) is 43.6 Å². The van der Waals surface area contributed by atoms with Crippen LogP contribution in [0.3, 0.4) is 0 Å². The predicted molar refractivity (Wildman–Crippen MR) is 346 cm³/mol. The minimum Gasteiger partial charge on any atom is -0.494 e. The first-order chi connectivity index (χ1) is 45.3. The Morgan fingerprint density at radius 3 is 1.35 bits per heavy atom. The quantitative estimate of drug-likeness (QED) is 0.00693. The largest absolute Gasteiger partial charge is 0.494 e. The lowest BCUT2D eigenvalue weighted by molar-refractivity contribution is -0.148. The van der Waals surface area contributed by atoms with E-state index in [9.17, 15) is 33.6 Å². The highest BCUT2D eigenvalue weighted by atomic mass is 16.6. The maximum atomic E-state index is 13.9. The molecule has 20 nitrogen and oxygen atoms in total. The number of hydrogen-bond acceptors (Lipinski definition) is 20. The fraction of sp³-hybridized carbons (Fsp3) is 0.411. The van der Waals surface area contributed by atoms with Crippen molar-refractivity contribution in [3.63, 3.8) is 0 Å². The molecule has 0 spiro atoms. The number of unbranched alkanes of at least 4 members (excludes halogenated alkanes) is 6. The molecule has 9 rings (SSSR count). The van der Waals surface area contributed by atoms with E-state index in [-0.39, 0.29) is 56.3 Å². The molecule has 0 aliphatic heterocycles. The molecule has 93 heavy (non-hydrogen) atoms. The number of carbonyl (C=O) groups is 7. The van der Waals surface area contributed by atoms with Crippen molar-refractivity contribution < 1.29 is 85.7 Å². The number of rotatable bonds is 34. The van der Waals surface area contributed by atoms with Gasteiger partial charge in [-0.1, -0.05) is 32.2 Å². The summed E-state index contributed by atoms with van der Waals surface area (Å²) in [5, 5.41) is 2.91. The van der Waals surface area contributed by atoms with Crippen LogP contribution in [0.1, 0.15) is 109 Å². The zero-order valence-corrected chi connectivity index (χ0v) is 52.4. The molecule has 1 heterocycles. The Labute approximate surface area is 540 Å². The van der Waals surface area contributed by atoms with Crippen LogP contribution in [0.5, 0.6) is 28.7 Å². The fourth-order valence-corrected chi connectivity index (χ4v) is 11.4. The molecule has 1 aromatic heterocycles. The van der Waals surface area contributed by atoms with Crippen LogP contribution in [-0.2, 0) is 62.0 Å². The zero-order chi connectivity index (χ0) is 65.3. The summed E-state index contributed by atoms with van der Waals surface area (Å²) >= 11 is 0. The molecule has 2 fully saturated rings. The molecular weight excluding hydrogens is 1190 g/mol. The van der Waals surface area contributed by atoms with Crippen molar-refractivity contribution in [1.82, 2.24) is 9.97 Å². The highest BCUT2D eigenvalue weighted by Crippen LogP contribution is 2.40. The molecule has 6 aromatic rings. The molecule has 3 aliphatic carbocycles. The molecule has 0 radical (unpaired) electrons. The van der Waals surface area contributed by atoms with E-state index < -0.39 is 41.7 Å². The van der Waals surface area contributed by atoms with Gasteiger partial charge >= 0.3 is 41.8 Å². The minimum atomic E-state index is -0.530. The van der Waals surface area contributed by atoms with Crippen LogP contribution in [0, 0.1) is 23.7 Å². The van der Waals surface area contributed by atoms with E-state index in [0.29, 0.717) is 152 Å². The predicted octanol–water partition coefficient (Wildman–Crippen LogP) is 13.0. The van der Waals surface area contributed by atoms with Gasteiger partial charge in [0, 0.05) is 41.7 Å². The van der Waals surface area contributed by atoms with Crippen molar-refractivity contribution in [3.05, 3.63) is 141 Å².